The largest absolute Gasteiger partial charge is 0.356 e. The van der Waals surface area contributed by atoms with Gasteiger partial charge in [0, 0.05) is 58.9 Å². The van der Waals surface area contributed by atoms with Gasteiger partial charge in [0.2, 0.25) is 0 Å². The molecule has 2 aliphatic heterocycles. The standard InChI is InChI=1S/C22H37N5/c1-22(2)11-14-27(18-22)21(23-3)24-12-8-13-26-16-15-25(4)17-20(26)19-9-6-5-7-10-19/h5-7,9-10,20H,8,11-18H2,1-4H3,(H,23,24). The third-order valence-corrected chi connectivity index (χ3v) is 5.97. The van der Waals surface area contributed by atoms with Crippen LogP contribution >= 0.6 is 0 Å². The lowest BCUT2D eigenvalue weighted by atomic mass is 9.93. The minimum atomic E-state index is 0.403. The van der Waals surface area contributed by atoms with E-state index in [2.05, 4.69) is 76.2 Å². The van der Waals surface area contributed by atoms with E-state index in [4.69, 9.17) is 0 Å². The molecule has 0 bridgehead atoms. The number of hydrogen-bond acceptors (Lipinski definition) is 3. The van der Waals surface area contributed by atoms with Crippen LogP contribution in [0.1, 0.15) is 38.3 Å². The van der Waals surface area contributed by atoms with E-state index in [1.807, 2.05) is 7.05 Å². The summed E-state index contributed by atoms with van der Waals surface area (Å²) in [5.41, 5.74) is 1.84. The van der Waals surface area contributed by atoms with Crippen molar-refractivity contribution in [2.45, 2.75) is 32.7 Å². The van der Waals surface area contributed by atoms with Gasteiger partial charge in [0.25, 0.3) is 0 Å². The second kappa shape index (κ2) is 9.07. The fraction of sp³-hybridized carbons (Fsp3) is 0.682. The van der Waals surface area contributed by atoms with Gasteiger partial charge in [-0.25, -0.2) is 0 Å². The molecule has 0 saturated carbocycles. The number of likely N-dealkylation sites (N-methyl/N-ethyl adjacent to an activating group) is 1. The predicted molar refractivity (Wildman–Crippen MR) is 114 cm³/mol. The maximum Gasteiger partial charge on any atom is 0.193 e. The second-order valence-electron chi connectivity index (χ2n) is 8.89. The zero-order valence-electron chi connectivity index (χ0n) is 17.6. The molecule has 0 aromatic heterocycles. The number of nitrogens with one attached hydrogen (secondary N) is 1. The molecule has 150 valence electrons. The fourth-order valence-electron chi connectivity index (χ4n) is 4.32. The molecule has 1 aromatic carbocycles. The highest BCUT2D eigenvalue weighted by Crippen LogP contribution is 2.28. The van der Waals surface area contributed by atoms with E-state index in [1.54, 1.807) is 0 Å². The summed E-state index contributed by atoms with van der Waals surface area (Å²) in [5.74, 6) is 1.07. The SMILES string of the molecule is CN=C(NCCCN1CCN(C)CC1c1ccccc1)N1CCC(C)(C)C1. The summed E-state index contributed by atoms with van der Waals surface area (Å²) in [5, 5.41) is 3.59. The van der Waals surface area contributed by atoms with Gasteiger partial charge in [-0.15, -0.1) is 0 Å². The van der Waals surface area contributed by atoms with Crippen molar-refractivity contribution in [3.63, 3.8) is 0 Å². The van der Waals surface area contributed by atoms with Crippen LogP contribution in [-0.4, -0.2) is 80.6 Å². The molecular weight excluding hydrogens is 334 g/mol. The van der Waals surface area contributed by atoms with Crippen LogP contribution in [0.15, 0.2) is 35.3 Å². The smallest absolute Gasteiger partial charge is 0.193 e. The van der Waals surface area contributed by atoms with E-state index in [0.29, 0.717) is 11.5 Å². The lowest BCUT2D eigenvalue weighted by Crippen LogP contribution is -2.47. The minimum Gasteiger partial charge on any atom is -0.356 e. The molecular formula is C22H37N5. The molecule has 1 N–H and O–H groups in total. The Kier molecular flexibility index (Phi) is 6.77. The number of hydrogen-bond donors (Lipinski definition) is 1. The van der Waals surface area contributed by atoms with Gasteiger partial charge in [-0.3, -0.25) is 9.89 Å². The van der Waals surface area contributed by atoms with E-state index >= 15 is 0 Å². The normalized spacial score (nSPS) is 24.4. The van der Waals surface area contributed by atoms with E-state index in [-0.39, 0.29) is 0 Å². The van der Waals surface area contributed by atoms with Crippen molar-refractivity contribution in [2.75, 3.05) is 59.9 Å². The van der Waals surface area contributed by atoms with Crippen LogP contribution in [0.5, 0.6) is 0 Å². The third-order valence-electron chi connectivity index (χ3n) is 5.97. The molecule has 0 aliphatic carbocycles. The Morgan fingerprint density at radius 3 is 2.63 bits per heavy atom. The van der Waals surface area contributed by atoms with Gasteiger partial charge in [-0.2, -0.15) is 0 Å². The Morgan fingerprint density at radius 1 is 1.19 bits per heavy atom. The third kappa shape index (κ3) is 5.45. The lowest BCUT2D eigenvalue weighted by molar-refractivity contribution is 0.0891. The first-order chi connectivity index (χ1) is 13.0. The highest BCUT2D eigenvalue weighted by molar-refractivity contribution is 5.80. The second-order valence-corrected chi connectivity index (χ2v) is 8.89. The fourth-order valence-corrected chi connectivity index (χ4v) is 4.32. The Labute approximate surface area is 165 Å². The zero-order chi connectivity index (χ0) is 19.3. The molecule has 2 fully saturated rings. The minimum absolute atomic E-state index is 0.403. The van der Waals surface area contributed by atoms with Gasteiger partial charge in [0.1, 0.15) is 0 Å². The van der Waals surface area contributed by atoms with Gasteiger partial charge < -0.3 is 15.1 Å². The Bertz CT molecular complexity index is 612. The van der Waals surface area contributed by atoms with Crippen LogP contribution in [0.4, 0.5) is 0 Å². The zero-order valence-corrected chi connectivity index (χ0v) is 17.6. The summed E-state index contributed by atoms with van der Waals surface area (Å²) < 4.78 is 0. The first-order valence-corrected chi connectivity index (χ1v) is 10.4. The molecule has 2 aliphatic rings. The Balaban J connectivity index is 1.48. The summed E-state index contributed by atoms with van der Waals surface area (Å²) in [6.45, 7) is 12.4. The molecule has 2 heterocycles. The van der Waals surface area contributed by atoms with Gasteiger partial charge in [-0.05, 0) is 30.9 Å². The number of nitrogens with zero attached hydrogens (tertiary/aromatic N) is 4. The predicted octanol–water partition coefficient (Wildman–Crippen LogP) is 2.67. The summed E-state index contributed by atoms with van der Waals surface area (Å²) in [6, 6.07) is 11.5. The number of guanidine groups is 1. The average Bonchev–Trinajstić information content (AvgIpc) is 3.03. The molecule has 5 heteroatoms. The van der Waals surface area contributed by atoms with Crippen LogP contribution in [0.3, 0.4) is 0 Å². The summed E-state index contributed by atoms with van der Waals surface area (Å²) in [4.78, 5) is 12.0. The monoisotopic (exact) mass is 371 g/mol. The molecule has 0 amide bonds. The lowest BCUT2D eigenvalue weighted by Gasteiger charge is -2.40. The molecule has 0 radical (unpaired) electrons. The first-order valence-electron chi connectivity index (χ1n) is 10.4. The maximum absolute atomic E-state index is 4.50. The molecule has 1 aromatic rings. The van der Waals surface area contributed by atoms with Crippen molar-refractivity contribution in [1.82, 2.24) is 20.0 Å². The van der Waals surface area contributed by atoms with Crippen LogP contribution in [0.2, 0.25) is 0 Å². The van der Waals surface area contributed by atoms with Gasteiger partial charge in [-0.1, -0.05) is 44.2 Å². The van der Waals surface area contributed by atoms with E-state index in [0.717, 1.165) is 58.2 Å². The van der Waals surface area contributed by atoms with Crippen LogP contribution in [-0.2, 0) is 0 Å². The molecule has 3 rings (SSSR count). The van der Waals surface area contributed by atoms with Crippen molar-refractivity contribution in [1.29, 1.82) is 0 Å². The van der Waals surface area contributed by atoms with Crippen molar-refractivity contribution in [3.05, 3.63) is 35.9 Å². The summed E-state index contributed by atoms with van der Waals surface area (Å²) in [6.07, 6.45) is 2.39. The van der Waals surface area contributed by atoms with Gasteiger partial charge >= 0.3 is 0 Å². The van der Waals surface area contributed by atoms with Gasteiger partial charge in [0.05, 0.1) is 0 Å². The van der Waals surface area contributed by atoms with Crippen molar-refractivity contribution in [3.8, 4) is 0 Å². The summed E-state index contributed by atoms with van der Waals surface area (Å²) >= 11 is 0. The maximum atomic E-state index is 4.50. The number of rotatable bonds is 5. The van der Waals surface area contributed by atoms with Gasteiger partial charge in [0.15, 0.2) is 5.96 Å². The molecule has 2 saturated heterocycles. The average molecular weight is 372 g/mol. The van der Waals surface area contributed by atoms with E-state index < -0.39 is 0 Å². The van der Waals surface area contributed by atoms with Crippen molar-refractivity contribution in [2.24, 2.45) is 10.4 Å². The van der Waals surface area contributed by atoms with E-state index in [9.17, 15) is 0 Å². The van der Waals surface area contributed by atoms with Crippen molar-refractivity contribution >= 4 is 5.96 Å². The van der Waals surface area contributed by atoms with Crippen LogP contribution in [0.25, 0.3) is 0 Å². The molecule has 1 unspecified atom stereocenters. The molecule has 0 spiro atoms. The first kappa shape index (κ1) is 20.2. The molecule has 27 heavy (non-hydrogen) atoms. The Hall–Kier alpha value is -1.59. The highest BCUT2D eigenvalue weighted by atomic mass is 15.3. The number of likely N-dealkylation sites (tertiary alicyclic amines) is 1. The highest BCUT2D eigenvalue weighted by Gasteiger charge is 2.31. The topological polar surface area (TPSA) is 34.1 Å². The van der Waals surface area contributed by atoms with E-state index in [1.165, 1.54) is 12.0 Å². The number of benzene rings is 1. The quantitative estimate of drug-likeness (QED) is 0.490. The van der Waals surface area contributed by atoms with Crippen LogP contribution < -0.4 is 5.32 Å². The Morgan fingerprint density at radius 2 is 1.96 bits per heavy atom. The number of piperazine rings is 1. The number of aliphatic imine (C=N–C) groups is 1. The molecule has 5 nitrogen and oxygen atoms in total. The molecule has 1 atom stereocenters. The van der Waals surface area contributed by atoms with Crippen LogP contribution in [0, 0.1) is 5.41 Å². The summed E-state index contributed by atoms with van der Waals surface area (Å²) in [7, 11) is 4.13. The van der Waals surface area contributed by atoms with Crippen molar-refractivity contribution < 1.29 is 0 Å².